The molecule has 1 N–H and O–H groups in total. The summed E-state index contributed by atoms with van der Waals surface area (Å²) >= 11 is 0. The van der Waals surface area contributed by atoms with Gasteiger partial charge >= 0.3 is 0 Å². The monoisotopic (exact) mass is 262 g/mol. The van der Waals surface area contributed by atoms with E-state index >= 15 is 0 Å². The van der Waals surface area contributed by atoms with E-state index in [1.807, 2.05) is 24.3 Å². The lowest BCUT2D eigenvalue weighted by Gasteiger charge is -2.37. The van der Waals surface area contributed by atoms with Gasteiger partial charge in [-0.2, -0.15) is 0 Å². The number of nitrogens with zero attached hydrogens (tertiary/aromatic N) is 2. The summed E-state index contributed by atoms with van der Waals surface area (Å²) in [6, 6.07) is 7.38. The fraction of sp³-hybridized carbons (Fsp3) is 0.417. The van der Waals surface area contributed by atoms with Gasteiger partial charge in [0.1, 0.15) is 6.10 Å². The number of fused-ring (bicyclic) bond motifs is 1. The number of benzene rings is 1. The molecule has 0 spiro atoms. The predicted molar refractivity (Wildman–Crippen MR) is 71.2 cm³/mol. The molecular formula is C12H15BN2O4. The molecule has 19 heavy (non-hydrogen) atoms. The lowest BCUT2D eigenvalue weighted by molar-refractivity contribution is -0.491. The zero-order valence-corrected chi connectivity index (χ0v) is 10.4. The van der Waals surface area contributed by atoms with Gasteiger partial charge in [0.05, 0.1) is 6.19 Å². The summed E-state index contributed by atoms with van der Waals surface area (Å²) in [6.45, 7) is 0.0382. The fourth-order valence-corrected chi connectivity index (χ4v) is 2.55. The smallest absolute Gasteiger partial charge is 0.281 e. The van der Waals surface area contributed by atoms with E-state index in [4.69, 9.17) is 0 Å². The zero-order chi connectivity index (χ0) is 13.8. The van der Waals surface area contributed by atoms with Crippen LogP contribution in [0.15, 0.2) is 24.3 Å². The Balaban J connectivity index is 2.20. The molecule has 0 amide bonds. The molecule has 1 aromatic carbocycles. The molecule has 6 nitrogen and oxygen atoms in total. The van der Waals surface area contributed by atoms with E-state index in [0.717, 1.165) is 17.3 Å². The van der Waals surface area contributed by atoms with Crippen LogP contribution in [0, 0.1) is 10.1 Å². The SMILES string of the molecule is O=CBN1Cc2ccccc2C[C@H]1[C@@H](O)C[N+](=O)[O-]. The van der Waals surface area contributed by atoms with Crippen LogP contribution in [0.4, 0.5) is 0 Å². The van der Waals surface area contributed by atoms with E-state index in [9.17, 15) is 20.0 Å². The third kappa shape index (κ3) is 3.18. The first-order valence-corrected chi connectivity index (χ1v) is 6.16. The summed E-state index contributed by atoms with van der Waals surface area (Å²) in [5.41, 5.74) is 2.19. The molecule has 1 heterocycles. The first-order chi connectivity index (χ1) is 9.11. The molecule has 0 saturated heterocycles. The van der Waals surface area contributed by atoms with Crippen LogP contribution in [0.25, 0.3) is 0 Å². The van der Waals surface area contributed by atoms with Gasteiger partial charge < -0.3 is 14.7 Å². The number of hydrogen-bond donors (Lipinski definition) is 1. The Morgan fingerprint density at radius 2 is 2.21 bits per heavy atom. The molecule has 100 valence electrons. The summed E-state index contributed by atoms with van der Waals surface area (Å²) in [5, 5.41) is 20.5. The molecule has 0 fully saturated rings. The van der Waals surface area contributed by atoms with Gasteiger partial charge in [0.2, 0.25) is 6.54 Å². The molecule has 0 bridgehead atoms. The van der Waals surface area contributed by atoms with Gasteiger partial charge in [-0.3, -0.25) is 10.1 Å². The number of rotatable bonds is 5. The molecular weight excluding hydrogens is 247 g/mol. The maximum atomic E-state index is 10.7. The minimum absolute atomic E-state index is 0.174. The summed E-state index contributed by atoms with van der Waals surface area (Å²) < 4.78 is 0. The average Bonchev–Trinajstić information content (AvgIpc) is 2.37. The number of aliphatic hydroxyl groups excluding tert-OH is 1. The first kappa shape index (κ1) is 13.7. The van der Waals surface area contributed by atoms with Crippen molar-refractivity contribution in [1.29, 1.82) is 0 Å². The van der Waals surface area contributed by atoms with Crippen molar-refractivity contribution in [2.24, 2.45) is 0 Å². The summed E-state index contributed by atoms with van der Waals surface area (Å²) in [6.07, 6.45) is 0.224. The molecule has 7 heteroatoms. The van der Waals surface area contributed by atoms with Crippen molar-refractivity contribution in [1.82, 2.24) is 4.81 Å². The average molecular weight is 262 g/mol. The van der Waals surface area contributed by atoms with Crippen molar-refractivity contribution in [3.05, 3.63) is 45.5 Å². The van der Waals surface area contributed by atoms with Crippen LogP contribution in [0.5, 0.6) is 0 Å². The van der Waals surface area contributed by atoms with Gasteiger partial charge in [0, 0.05) is 17.5 Å². The third-order valence-electron chi connectivity index (χ3n) is 3.48. The standard InChI is InChI=1S/C12H15BN2O4/c16-8-13-14-6-10-4-2-1-3-9(10)5-11(14)12(17)7-15(18)19/h1-4,8,11-13,17H,5-7H2/t11-,12-/m0/s1. The number of carbonyl (C=O) groups excluding carboxylic acids is 1. The van der Waals surface area contributed by atoms with Gasteiger partial charge in [-0.05, 0) is 17.5 Å². The quantitative estimate of drug-likeness (QED) is 0.337. The topological polar surface area (TPSA) is 83.7 Å². The molecule has 0 saturated carbocycles. The van der Waals surface area contributed by atoms with Crippen LogP contribution in [-0.4, -0.2) is 47.1 Å². The maximum Gasteiger partial charge on any atom is 0.281 e. The lowest BCUT2D eigenvalue weighted by atomic mass is 9.82. The minimum Gasteiger partial charge on any atom is -0.385 e. The maximum absolute atomic E-state index is 10.7. The van der Waals surface area contributed by atoms with Crippen LogP contribution in [0.3, 0.4) is 0 Å². The van der Waals surface area contributed by atoms with Gasteiger partial charge in [-0.15, -0.1) is 0 Å². The van der Waals surface area contributed by atoms with Gasteiger partial charge in [-0.25, -0.2) is 0 Å². The highest BCUT2D eigenvalue weighted by Crippen LogP contribution is 2.24. The highest BCUT2D eigenvalue weighted by molar-refractivity contribution is 6.64. The highest BCUT2D eigenvalue weighted by atomic mass is 16.6. The second-order valence-electron chi connectivity index (χ2n) is 4.72. The first-order valence-electron chi connectivity index (χ1n) is 6.16. The molecule has 1 aliphatic heterocycles. The van der Waals surface area contributed by atoms with Crippen molar-refractivity contribution in [3.8, 4) is 0 Å². The molecule has 0 aliphatic carbocycles. The Labute approximate surface area is 111 Å². The summed E-state index contributed by atoms with van der Waals surface area (Å²) in [5.74, 6) is 0. The largest absolute Gasteiger partial charge is 0.385 e. The Morgan fingerprint density at radius 3 is 2.84 bits per heavy atom. The molecule has 2 rings (SSSR count). The Morgan fingerprint density at radius 1 is 1.53 bits per heavy atom. The van der Waals surface area contributed by atoms with Crippen LogP contribution in [0.1, 0.15) is 11.1 Å². The van der Waals surface area contributed by atoms with E-state index in [1.54, 1.807) is 4.81 Å². The third-order valence-corrected chi connectivity index (χ3v) is 3.48. The Bertz CT molecular complexity index is 483. The van der Waals surface area contributed by atoms with Gasteiger partial charge in [0.25, 0.3) is 7.41 Å². The fourth-order valence-electron chi connectivity index (χ4n) is 2.55. The predicted octanol–water partition coefficient (Wildman–Crippen LogP) is -0.407. The van der Waals surface area contributed by atoms with Crippen LogP contribution < -0.4 is 0 Å². The summed E-state index contributed by atoms with van der Waals surface area (Å²) in [7, 11) is 0.174. The number of nitro groups is 1. The second-order valence-corrected chi connectivity index (χ2v) is 4.72. The Hall–Kier alpha value is -1.73. The van der Waals surface area contributed by atoms with Crippen molar-refractivity contribution in [2.75, 3.05) is 6.54 Å². The van der Waals surface area contributed by atoms with Crippen LogP contribution in [-0.2, 0) is 17.8 Å². The highest BCUT2D eigenvalue weighted by Gasteiger charge is 2.33. The normalized spacial score (nSPS) is 20.4. The van der Waals surface area contributed by atoms with Crippen LogP contribution >= 0.6 is 0 Å². The number of carbonyl (C=O) groups is 1. The van der Waals surface area contributed by atoms with Gasteiger partial charge in [0.15, 0.2) is 0 Å². The molecule has 1 aromatic rings. The molecule has 1 aliphatic rings. The second kappa shape index (κ2) is 5.94. The van der Waals surface area contributed by atoms with E-state index in [2.05, 4.69) is 0 Å². The van der Waals surface area contributed by atoms with Crippen molar-refractivity contribution >= 4 is 13.6 Å². The molecule has 0 radical (unpaired) electrons. The zero-order valence-electron chi connectivity index (χ0n) is 10.4. The minimum atomic E-state index is -1.07. The molecule has 0 unspecified atom stereocenters. The van der Waals surface area contributed by atoms with E-state index in [-0.39, 0.29) is 13.5 Å². The van der Waals surface area contributed by atoms with E-state index in [1.165, 1.54) is 0 Å². The summed E-state index contributed by atoms with van der Waals surface area (Å²) in [4.78, 5) is 22.5. The van der Waals surface area contributed by atoms with E-state index < -0.39 is 17.6 Å². The van der Waals surface area contributed by atoms with E-state index in [0.29, 0.717) is 13.0 Å². The lowest BCUT2D eigenvalue weighted by Crippen LogP contribution is -2.51. The Kier molecular flexibility index (Phi) is 4.29. The number of aliphatic hydroxyl groups is 1. The number of hydrogen-bond acceptors (Lipinski definition) is 5. The van der Waals surface area contributed by atoms with Crippen molar-refractivity contribution in [3.63, 3.8) is 0 Å². The van der Waals surface area contributed by atoms with Crippen molar-refractivity contribution in [2.45, 2.75) is 25.1 Å². The van der Waals surface area contributed by atoms with Crippen LogP contribution in [0.2, 0.25) is 0 Å². The van der Waals surface area contributed by atoms with Crippen molar-refractivity contribution < 1.29 is 14.8 Å². The van der Waals surface area contributed by atoms with Gasteiger partial charge in [-0.1, -0.05) is 24.3 Å². The molecule has 2 atom stereocenters. The molecule has 0 aromatic heterocycles.